The third-order valence-electron chi connectivity index (χ3n) is 3.85. The summed E-state index contributed by atoms with van der Waals surface area (Å²) in [4.78, 5) is 17.2. The predicted molar refractivity (Wildman–Crippen MR) is 93.1 cm³/mol. The summed E-state index contributed by atoms with van der Waals surface area (Å²) in [6.45, 7) is 2.88. The molecule has 1 saturated heterocycles. The first-order chi connectivity index (χ1) is 11.3. The van der Waals surface area contributed by atoms with E-state index in [1.807, 2.05) is 11.9 Å². The molecule has 1 aromatic heterocycles. The molecule has 0 aliphatic carbocycles. The van der Waals surface area contributed by atoms with Gasteiger partial charge in [0.1, 0.15) is 0 Å². The lowest BCUT2D eigenvalue weighted by atomic mass is 10.2. The van der Waals surface area contributed by atoms with E-state index in [0.717, 1.165) is 5.56 Å². The SMILES string of the molecule is O=C(NCc1ccc(SN2CCCCC2)cc1)c1cccnc1. The average Bonchev–Trinajstić information content (AvgIpc) is 2.62. The molecule has 1 aromatic carbocycles. The average molecular weight is 327 g/mol. The quantitative estimate of drug-likeness (QED) is 0.854. The van der Waals surface area contributed by atoms with Crippen LogP contribution in [0.25, 0.3) is 0 Å². The number of benzene rings is 1. The van der Waals surface area contributed by atoms with Gasteiger partial charge in [-0.1, -0.05) is 18.6 Å². The van der Waals surface area contributed by atoms with Crippen LogP contribution in [-0.4, -0.2) is 28.3 Å². The lowest BCUT2D eigenvalue weighted by molar-refractivity contribution is 0.0950. The molecular weight excluding hydrogens is 306 g/mol. The maximum absolute atomic E-state index is 12.0. The van der Waals surface area contributed by atoms with Gasteiger partial charge < -0.3 is 5.32 Å². The van der Waals surface area contributed by atoms with Crippen molar-refractivity contribution in [1.82, 2.24) is 14.6 Å². The number of hydrogen-bond donors (Lipinski definition) is 1. The van der Waals surface area contributed by atoms with Crippen LogP contribution in [0.3, 0.4) is 0 Å². The summed E-state index contributed by atoms with van der Waals surface area (Å²) in [6.07, 6.45) is 7.19. The van der Waals surface area contributed by atoms with Crippen LogP contribution in [0.2, 0.25) is 0 Å². The Morgan fingerprint density at radius 2 is 1.91 bits per heavy atom. The minimum atomic E-state index is -0.0927. The zero-order chi connectivity index (χ0) is 15.9. The Morgan fingerprint density at radius 3 is 2.61 bits per heavy atom. The van der Waals surface area contributed by atoms with Gasteiger partial charge in [0.25, 0.3) is 5.91 Å². The minimum Gasteiger partial charge on any atom is -0.348 e. The van der Waals surface area contributed by atoms with Crippen molar-refractivity contribution in [3.05, 3.63) is 59.9 Å². The smallest absolute Gasteiger partial charge is 0.253 e. The molecule has 2 aromatic rings. The molecule has 1 aliphatic heterocycles. The zero-order valence-corrected chi connectivity index (χ0v) is 13.9. The number of amides is 1. The second-order valence-electron chi connectivity index (χ2n) is 5.65. The molecule has 1 aliphatic rings. The van der Waals surface area contributed by atoms with Gasteiger partial charge in [0.2, 0.25) is 0 Å². The summed E-state index contributed by atoms with van der Waals surface area (Å²) >= 11 is 1.83. The van der Waals surface area contributed by atoms with Crippen LogP contribution < -0.4 is 5.32 Å². The van der Waals surface area contributed by atoms with Crippen LogP contribution in [0, 0.1) is 0 Å². The Balaban J connectivity index is 1.50. The lowest BCUT2D eigenvalue weighted by Crippen LogP contribution is -2.23. The van der Waals surface area contributed by atoms with Crippen molar-refractivity contribution in [1.29, 1.82) is 0 Å². The van der Waals surface area contributed by atoms with Crippen LogP contribution >= 0.6 is 11.9 Å². The molecule has 5 heteroatoms. The number of carbonyl (C=O) groups is 1. The molecule has 0 spiro atoms. The molecule has 0 radical (unpaired) electrons. The second-order valence-corrected chi connectivity index (χ2v) is 6.82. The molecule has 1 fully saturated rings. The van der Waals surface area contributed by atoms with E-state index >= 15 is 0 Å². The van der Waals surface area contributed by atoms with Crippen molar-refractivity contribution in [2.24, 2.45) is 0 Å². The molecule has 0 saturated carbocycles. The van der Waals surface area contributed by atoms with Gasteiger partial charge in [0.15, 0.2) is 0 Å². The molecule has 23 heavy (non-hydrogen) atoms. The van der Waals surface area contributed by atoms with E-state index in [4.69, 9.17) is 0 Å². The molecule has 0 unspecified atom stereocenters. The van der Waals surface area contributed by atoms with Crippen molar-refractivity contribution in [3.63, 3.8) is 0 Å². The largest absolute Gasteiger partial charge is 0.348 e. The molecule has 4 nitrogen and oxygen atoms in total. The van der Waals surface area contributed by atoms with Gasteiger partial charge in [-0.15, -0.1) is 0 Å². The topological polar surface area (TPSA) is 45.2 Å². The summed E-state index contributed by atoms with van der Waals surface area (Å²) < 4.78 is 2.43. The number of piperidine rings is 1. The van der Waals surface area contributed by atoms with Gasteiger partial charge in [-0.3, -0.25) is 9.78 Å². The zero-order valence-electron chi connectivity index (χ0n) is 13.1. The number of aromatic nitrogens is 1. The maximum atomic E-state index is 12.0. The van der Waals surface area contributed by atoms with Crippen molar-refractivity contribution < 1.29 is 4.79 Å². The summed E-state index contributed by atoms with van der Waals surface area (Å²) in [6, 6.07) is 11.9. The molecular formula is C18H21N3OS. The van der Waals surface area contributed by atoms with E-state index < -0.39 is 0 Å². The fraction of sp³-hybridized carbons (Fsp3) is 0.333. The fourth-order valence-corrected chi connectivity index (χ4v) is 3.55. The number of nitrogens with zero attached hydrogens (tertiary/aromatic N) is 2. The van der Waals surface area contributed by atoms with E-state index in [1.54, 1.807) is 24.5 Å². The molecule has 0 bridgehead atoms. The van der Waals surface area contributed by atoms with Gasteiger partial charge >= 0.3 is 0 Å². The Bertz CT molecular complexity index is 624. The van der Waals surface area contributed by atoms with E-state index in [0.29, 0.717) is 12.1 Å². The van der Waals surface area contributed by atoms with E-state index in [1.165, 1.54) is 37.2 Å². The number of rotatable bonds is 5. The minimum absolute atomic E-state index is 0.0927. The maximum Gasteiger partial charge on any atom is 0.253 e. The summed E-state index contributed by atoms with van der Waals surface area (Å²) in [5.41, 5.74) is 1.69. The first-order valence-electron chi connectivity index (χ1n) is 8.01. The molecule has 2 heterocycles. The summed E-state index contributed by atoms with van der Waals surface area (Å²) in [5, 5.41) is 2.92. The lowest BCUT2D eigenvalue weighted by Gasteiger charge is -2.25. The first kappa shape index (κ1) is 16.0. The molecule has 0 atom stereocenters. The van der Waals surface area contributed by atoms with Crippen molar-refractivity contribution in [2.75, 3.05) is 13.1 Å². The number of hydrogen-bond acceptors (Lipinski definition) is 4. The highest BCUT2D eigenvalue weighted by atomic mass is 32.2. The fourth-order valence-electron chi connectivity index (χ4n) is 2.55. The van der Waals surface area contributed by atoms with Gasteiger partial charge in [-0.2, -0.15) is 0 Å². The highest BCUT2D eigenvalue weighted by Gasteiger charge is 2.11. The van der Waals surface area contributed by atoms with Gasteiger partial charge in [0, 0.05) is 36.9 Å². The highest BCUT2D eigenvalue weighted by Crippen LogP contribution is 2.26. The molecule has 1 amide bonds. The van der Waals surface area contributed by atoms with Crippen LogP contribution in [0.15, 0.2) is 53.7 Å². The number of pyridine rings is 1. The first-order valence-corrected chi connectivity index (χ1v) is 8.79. The Kier molecular flexibility index (Phi) is 5.66. The van der Waals surface area contributed by atoms with Gasteiger partial charge in [0.05, 0.1) is 5.56 Å². The summed E-state index contributed by atoms with van der Waals surface area (Å²) in [5.74, 6) is -0.0927. The van der Waals surface area contributed by atoms with Crippen LogP contribution in [0.5, 0.6) is 0 Å². The molecule has 1 N–H and O–H groups in total. The van der Waals surface area contributed by atoms with Crippen molar-refractivity contribution >= 4 is 17.9 Å². The van der Waals surface area contributed by atoms with E-state index in [2.05, 4.69) is 38.9 Å². The number of nitrogens with one attached hydrogen (secondary N) is 1. The summed E-state index contributed by atoms with van der Waals surface area (Å²) in [7, 11) is 0. The van der Waals surface area contributed by atoms with Crippen LogP contribution in [0.4, 0.5) is 0 Å². The normalized spacial score (nSPS) is 15.3. The van der Waals surface area contributed by atoms with Crippen LogP contribution in [0.1, 0.15) is 35.2 Å². The van der Waals surface area contributed by atoms with Crippen molar-refractivity contribution in [2.45, 2.75) is 30.7 Å². The highest BCUT2D eigenvalue weighted by molar-refractivity contribution is 7.97. The third-order valence-corrected chi connectivity index (χ3v) is 4.96. The Morgan fingerprint density at radius 1 is 1.13 bits per heavy atom. The molecule has 120 valence electrons. The van der Waals surface area contributed by atoms with E-state index in [9.17, 15) is 4.79 Å². The Hall–Kier alpha value is -1.85. The van der Waals surface area contributed by atoms with Gasteiger partial charge in [-0.25, -0.2) is 4.31 Å². The molecule has 3 rings (SSSR count). The predicted octanol–water partition coefficient (Wildman–Crippen LogP) is 3.50. The standard InChI is InChI=1S/C18H21N3OS/c22-18(16-5-4-10-19-14-16)20-13-15-6-8-17(9-7-15)23-21-11-2-1-3-12-21/h4-10,14H,1-3,11-13H2,(H,20,22). The van der Waals surface area contributed by atoms with Crippen molar-refractivity contribution in [3.8, 4) is 0 Å². The monoisotopic (exact) mass is 327 g/mol. The third kappa shape index (κ3) is 4.81. The van der Waals surface area contributed by atoms with E-state index in [-0.39, 0.29) is 5.91 Å². The second kappa shape index (κ2) is 8.13. The Labute approximate surface area is 141 Å². The number of carbonyl (C=O) groups excluding carboxylic acids is 1. The van der Waals surface area contributed by atoms with Crippen LogP contribution in [-0.2, 0) is 6.54 Å². The van der Waals surface area contributed by atoms with Gasteiger partial charge in [-0.05, 0) is 54.6 Å².